The predicted molar refractivity (Wildman–Crippen MR) is 120 cm³/mol. The molecule has 0 saturated carbocycles. The number of carbonyl (C=O) groups excluding carboxylic acids is 1. The lowest BCUT2D eigenvalue weighted by Gasteiger charge is -2.18. The van der Waals surface area contributed by atoms with Gasteiger partial charge in [-0.3, -0.25) is 9.78 Å². The van der Waals surface area contributed by atoms with Crippen LogP contribution in [-0.4, -0.2) is 35.0 Å². The molecule has 2 rings (SSSR count). The van der Waals surface area contributed by atoms with Crippen LogP contribution in [0.3, 0.4) is 0 Å². The summed E-state index contributed by atoms with van der Waals surface area (Å²) in [4.78, 5) is 21.5. The van der Waals surface area contributed by atoms with Crippen molar-refractivity contribution in [2.45, 2.75) is 83.0 Å². The molecule has 0 aliphatic carbocycles. The van der Waals surface area contributed by atoms with Crippen molar-refractivity contribution in [2.24, 2.45) is 0 Å². The summed E-state index contributed by atoms with van der Waals surface area (Å²) in [6, 6.07) is 0. The lowest BCUT2D eigenvalue weighted by molar-refractivity contribution is -0.116. The monoisotopic (exact) mass is 452 g/mol. The highest BCUT2D eigenvalue weighted by Crippen LogP contribution is 2.33. The van der Waals surface area contributed by atoms with Gasteiger partial charge in [0.05, 0.1) is 17.3 Å². The molecule has 0 amide bonds. The zero-order valence-electron chi connectivity index (χ0n) is 18.8. The molecule has 0 unspecified atom stereocenters. The molecular weight excluding hydrogens is 420 g/mol. The van der Waals surface area contributed by atoms with Crippen molar-refractivity contribution in [1.82, 2.24) is 9.97 Å². The number of rotatable bonds is 8. The van der Waals surface area contributed by atoms with E-state index in [1.54, 1.807) is 12.4 Å². The van der Waals surface area contributed by atoms with Gasteiger partial charge in [0, 0.05) is 24.2 Å². The van der Waals surface area contributed by atoms with E-state index in [0.717, 1.165) is 28.0 Å². The Bertz CT molecular complexity index is 990. The maximum absolute atomic E-state index is 13.0. The first kappa shape index (κ1) is 24.6. The molecule has 166 valence electrons. The van der Waals surface area contributed by atoms with Crippen molar-refractivity contribution in [1.29, 1.82) is 0 Å². The van der Waals surface area contributed by atoms with Crippen LogP contribution in [0.2, 0.25) is 0 Å². The van der Waals surface area contributed by atoms with Crippen molar-refractivity contribution in [3.8, 4) is 0 Å². The molecule has 0 bridgehead atoms. The van der Waals surface area contributed by atoms with Crippen LogP contribution in [0.25, 0.3) is 0 Å². The minimum Gasteiger partial charge on any atom is -0.390 e. The molecule has 0 atom stereocenters. The molecule has 2 heterocycles. The van der Waals surface area contributed by atoms with Crippen molar-refractivity contribution in [2.75, 3.05) is 5.75 Å². The number of aliphatic hydroxyl groups excluding tert-OH is 1. The highest BCUT2D eigenvalue weighted by atomic mass is 32.2. The summed E-state index contributed by atoms with van der Waals surface area (Å²) in [6.45, 7) is 13.4. The second-order valence-electron chi connectivity index (χ2n) is 9.24. The summed E-state index contributed by atoms with van der Waals surface area (Å²) < 4.78 is 26.0. The third kappa shape index (κ3) is 5.53. The molecule has 30 heavy (non-hydrogen) atoms. The number of ketones is 1. The number of pyridine rings is 1. The van der Waals surface area contributed by atoms with Gasteiger partial charge in [0.1, 0.15) is 9.96 Å². The molecule has 6 nitrogen and oxygen atoms in total. The fourth-order valence-corrected chi connectivity index (χ4v) is 6.16. The molecule has 0 spiro atoms. The Balaban J connectivity index is 2.37. The Labute approximate surface area is 183 Å². The summed E-state index contributed by atoms with van der Waals surface area (Å²) in [5, 5.41) is 10.2. The largest absolute Gasteiger partial charge is 0.390 e. The molecule has 2 aromatic rings. The minimum atomic E-state index is -3.90. The van der Waals surface area contributed by atoms with Gasteiger partial charge in [-0.15, -0.1) is 11.3 Å². The maximum atomic E-state index is 13.0. The highest BCUT2D eigenvalue weighted by molar-refractivity contribution is 7.94. The first-order valence-electron chi connectivity index (χ1n) is 10.1. The first-order valence-corrected chi connectivity index (χ1v) is 12.6. The quantitative estimate of drug-likeness (QED) is 0.646. The van der Waals surface area contributed by atoms with Crippen molar-refractivity contribution < 1.29 is 18.3 Å². The van der Waals surface area contributed by atoms with Gasteiger partial charge in [-0.25, -0.2) is 13.4 Å². The smallest absolute Gasteiger partial charge is 0.196 e. The average molecular weight is 453 g/mol. The molecule has 2 aromatic heterocycles. The average Bonchev–Trinajstić information content (AvgIpc) is 3.06. The fraction of sp³-hybridized carbons (Fsp3) is 0.591. The standard InChI is InChI=1S/C22H32N2O4S2/c1-13(2)17-9-23-10-18(14(3)4)16(17)8-15(26)12-30(27,28)20-19(11-25)24-21(29-20)22(5,6)7/h9-10,13-14,25H,8,11-12H2,1-7H3. The van der Waals surface area contributed by atoms with Gasteiger partial charge in [-0.2, -0.15) is 0 Å². The summed E-state index contributed by atoms with van der Waals surface area (Å²) in [5.41, 5.74) is 2.58. The lowest BCUT2D eigenvalue weighted by Crippen LogP contribution is -2.20. The van der Waals surface area contributed by atoms with Crippen LogP contribution in [-0.2, 0) is 33.1 Å². The summed E-state index contributed by atoms with van der Waals surface area (Å²) >= 11 is 1.04. The number of carbonyl (C=O) groups is 1. The third-order valence-corrected chi connectivity index (χ3v) is 8.66. The van der Waals surface area contributed by atoms with E-state index in [0.29, 0.717) is 5.01 Å². The van der Waals surface area contributed by atoms with Gasteiger partial charge < -0.3 is 5.11 Å². The maximum Gasteiger partial charge on any atom is 0.196 e. The number of nitrogens with zero attached hydrogens (tertiary/aromatic N) is 2. The molecule has 1 N–H and O–H groups in total. The van der Waals surface area contributed by atoms with Crippen LogP contribution < -0.4 is 0 Å². The second kappa shape index (κ2) is 9.24. The first-order chi connectivity index (χ1) is 13.8. The highest BCUT2D eigenvalue weighted by Gasteiger charge is 2.30. The zero-order chi connectivity index (χ0) is 22.9. The van der Waals surface area contributed by atoms with Crippen LogP contribution in [0.4, 0.5) is 0 Å². The van der Waals surface area contributed by atoms with Crippen LogP contribution in [0.15, 0.2) is 16.6 Å². The topological polar surface area (TPSA) is 97.2 Å². The minimum absolute atomic E-state index is 0.00818. The third-order valence-electron chi connectivity index (χ3n) is 4.83. The van der Waals surface area contributed by atoms with E-state index in [1.807, 2.05) is 48.5 Å². The van der Waals surface area contributed by atoms with Crippen LogP contribution in [0, 0.1) is 0 Å². The van der Waals surface area contributed by atoms with Gasteiger partial charge >= 0.3 is 0 Å². The normalized spacial score (nSPS) is 12.7. The molecule has 0 aliphatic heterocycles. The second-order valence-corrected chi connectivity index (χ2v) is 12.4. The Hall–Kier alpha value is -1.64. The molecular formula is C22H32N2O4S2. The summed E-state index contributed by atoms with van der Waals surface area (Å²) in [6.07, 6.45) is 3.56. The number of Topliss-reactive ketones (excluding diaryl/α,β-unsaturated/α-hetero) is 1. The molecule has 0 aliphatic rings. The van der Waals surface area contributed by atoms with E-state index in [2.05, 4.69) is 9.97 Å². The van der Waals surface area contributed by atoms with Crippen molar-refractivity contribution in [3.05, 3.63) is 39.8 Å². The van der Waals surface area contributed by atoms with Crippen LogP contribution >= 0.6 is 11.3 Å². The zero-order valence-corrected chi connectivity index (χ0v) is 20.4. The number of thiazole rings is 1. The number of aliphatic hydroxyl groups is 1. The van der Waals surface area contributed by atoms with Gasteiger partial charge in [-0.05, 0) is 28.5 Å². The van der Waals surface area contributed by atoms with E-state index in [1.165, 1.54) is 0 Å². The Kier molecular flexibility index (Phi) is 7.59. The van der Waals surface area contributed by atoms with E-state index in [9.17, 15) is 18.3 Å². The van der Waals surface area contributed by atoms with Gasteiger partial charge in [0.15, 0.2) is 15.6 Å². The molecule has 0 aromatic carbocycles. The molecule has 0 radical (unpaired) electrons. The number of hydrogen-bond donors (Lipinski definition) is 1. The van der Waals surface area contributed by atoms with E-state index < -0.39 is 22.2 Å². The van der Waals surface area contributed by atoms with E-state index in [-0.39, 0.29) is 39.4 Å². The summed E-state index contributed by atoms with van der Waals surface area (Å²) in [5.74, 6) is -0.636. The van der Waals surface area contributed by atoms with Gasteiger partial charge in [-0.1, -0.05) is 48.5 Å². The SMILES string of the molecule is CC(C)c1cncc(C(C)C)c1CC(=O)CS(=O)(=O)c1sc(C(C)(C)C)nc1CO. The van der Waals surface area contributed by atoms with E-state index >= 15 is 0 Å². The number of sulfone groups is 1. The molecule has 0 fully saturated rings. The number of aromatic nitrogens is 2. The van der Waals surface area contributed by atoms with Gasteiger partial charge in [0.2, 0.25) is 0 Å². The Morgan fingerprint density at radius 3 is 2.07 bits per heavy atom. The van der Waals surface area contributed by atoms with E-state index in [4.69, 9.17) is 0 Å². The number of hydrogen-bond acceptors (Lipinski definition) is 7. The Morgan fingerprint density at radius 2 is 1.63 bits per heavy atom. The van der Waals surface area contributed by atoms with Gasteiger partial charge in [0.25, 0.3) is 0 Å². The summed E-state index contributed by atoms with van der Waals surface area (Å²) in [7, 11) is -3.90. The predicted octanol–water partition coefficient (Wildman–Crippen LogP) is 4.16. The van der Waals surface area contributed by atoms with Crippen LogP contribution in [0.5, 0.6) is 0 Å². The fourth-order valence-electron chi connectivity index (χ4n) is 3.25. The van der Waals surface area contributed by atoms with Crippen LogP contribution in [0.1, 0.15) is 87.7 Å². The molecule has 0 saturated heterocycles. The van der Waals surface area contributed by atoms with Crippen molar-refractivity contribution >= 4 is 27.0 Å². The van der Waals surface area contributed by atoms with Crippen molar-refractivity contribution in [3.63, 3.8) is 0 Å². The lowest BCUT2D eigenvalue weighted by atomic mass is 9.88. The Morgan fingerprint density at radius 1 is 1.10 bits per heavy atom. The molecule has 8 heteroatoms.